The molecular weight excluding hydrogens is 453 g/mol. The molecule has 2 aromatic carbocycles. The highest BCUT2D eigenvalue weighted by atomic mass is 32.2. The van der Waals surface area contributed by atoms with Gasteiger partial charge < -0.3 is 10.1 Å². The molecule has 0 bridgehead atoms. The van der Waals surface area contributed by atoms with Crippen LogP contribution < -0.4 is 14.8 Å². The smallest absolute Gasteiger partial charge is 0.381 e. The third-order valence-corrected chi connectivity index (χ3v) is 5.84. The Morgan fingerprint density at radius 1 is 1.00 bits per heavy atom. The normalized spacial score (nSPS) is 11.1. The van der Waals surface area contributed by atoms with Crippen molar-refractivity contribution in [1.29, 1.82) is 0 Å². The number of sulfonamides is 1. The highest BCUT2D eigenvalue weighted by molar-refractivity contribution is 7.92. The lowest BCUT2D eigenvalue weighted by molar-refractivity contribution is -0.0787. The summed E-state index contributed by atoms with van der Waals surface area (Å²) in [4.78, 5) is 27.8. The minimum absolute atomic E-state index is 0.0395. The van der Waals surface area contributed by atoms with E-state index in [1.807, 2.05) is 0 Å². The predicted octanol–water partition coefficient (Wildman–Crippen LogP) is 3.62. The van der Waals surface area contributed by atoms with Gasteiger partial charge in [0.2, 0.25) is 0 Å². The molecule has 0 aliphatic heterocycles. The molecule has 0 saturated heterocycles. The van der Waals surface area contributed by atoms with E-state index in [1.165, 1.54) is 49.8 Å². The van der Waals surface area contributed by atoms with E-state index in [0.717, 1.165) is 0 Å². The molecular formula is C21H16FN5O5S. The topological polar surface area (TPSA) is 132 Å². The van der Waals surface area contributed by atoms with Gasteiger partial charge in [0.1, 0.15) is 10.6 Å². The largest absolute Gasteiger partial charge is 0.497 e. The fraction of sp³-hybridized carbons (Fsp3) is 0.0476. The van der Waals surface area contributed by atoms with E-state index in [-0.39, 0.29) is 27.8 Å². The highest BCUT2D eigenvalue weighted by Crippen LogP contribution is 2.31. The first-order valence-corrected chi connectivity index (χ1v) is 10.9. The van der Waals surface area contributed by atoms with Crippen LogP contribution in [0.2, 0.25) is 0 Å². The Bertz CT molecular complexity index is 1430. The number of hydrogen-bond donors (Lipinski definition) is 2. The zero-order valence-corrected chi connectivity index (χ0v) is 17.8. The second-order valence-electron chi connectivity index (χ2n) is 6.60. The molecule has 0 radical (unpaired) electrons. The zero-order valence-electron chi connectivity index (χ0n) is 17.0. The average molecular weight is 469 g/mol. The van der Waals surface area contributed by atoms with Crippen molar-refractivity contribution in [2.24, 2.45) is 0 Å². The first-order chi connectivity index (χ1) is 15.9. The number of anilines is 3. The summed E-state index contributed by atoms with van der Waals surface area (Å²) < 4.78 is 45.9. The molecule has 0 fully saturated rings. The van der Waals surface area contributed by atoms with Crippen LogP contribution in [0, 0.1) is 0 Å². The van der Waals surface area contributed by atoms with E-state index in [0.29, 0.717) is 16.8 Å². The molecule has 33 heavy (non-hydrogen) atoms. The number of carbonyl (C=O) groups excluding carboxylic acids is 1. The molecule has 168 valence electrons. The Kier molecular flexibility index (Phi) is 6.00. The van der Waals surface area contributed by atoms with E-state index < -0.39 is 16.0 Å². The number of hydrogen-bond acceptors (Lipinski definition) is 9. The van der Waals surface area contributed by atoms with E-state index in [9.17, 15) is 17.7 Å². The molecule has 2 aromatic heterocycles. The maximum Gasteiger partial charge on any atom is 0.381 e. The van der Waals surface area contributed by atoms with Gasteiger partial charge in [0, 0.05) is 23.0 Å². The first kappa shape index (κ1) is 21.9. The Hall–Kier alpha value is -4.32. The summed E-state index contributed by atoms with van der Waals surface area (Å²) in [5, 5.41) is 2.83. The molecule has 0 saturated carbocycles. The maximum absolute atomic E-state index is 12.9. The SMILES string of the molecule is COc1ccc(C(=O)OF)c(Nc2nc3ccccc3nc2NS(=O)(=O)c2cccnc2)c1. The van der Waals surface area contributed by atoms with Gasteiger partial charge >= 0.3 is 5.97 Å². The lowest BCUT2D eigenvalue weighted by Crippen LogP contribution is -2.16. The van der Waals surface area contributed by atoms with Crippen LogP contribution in [0.1, 0.15) is 10.4 Å². The molecule has 0 atom stereocenters. The van der Waals surface area contributed by atoms with Crippen molar-refractivity contribution in [2.45, 2.75) is 4.90 Å². The Morgan fingerprint density at radius 2 is 1.73 bits per heavy atom. The molecule has 0 aliphatic rings. The quantitative estimate of drug-likeness (QED) is 0.416. The summed E-state index contributed by atoms with van der Waals surface area (Å²) >= 11 is 0. The number of fused-ring (bicyclic) bond motifs is 1. The van der Waals surface area contributed by atoms with Gasteiger partial charge in [-0.05, 0) is 36.4 Å². The monoisotopic (exact) mass is 469 g/mol. The van der Waals surface area contributed by atoms with Gasteiger partial charge in [-0.2, -0.15) is 0 Å². The second kappa shape index (κ2) is 9.04. The van der Waals surface area contributed by atoms with Crippen LogP contribution in [0.5, 0.6) is 5.75 Å². The van der Waals surface area contributed by atoms with Gasteiger partial charge in [-0.25, -0.2) is 28.1 Å². The highest BCUT2D eigenvalue weighted by Gasteiger charge is 2.21. The second-order valence-corrected chi connectivity index (χ2v) is 8.29. The number of methoxy groups -OCH3 is 1. The molecule has 4 rings (SSSR count). The zero-order chi connectivity index (χ0) is 23.4. The van der Waals surface area contributed by atoms with Crippen molar-refractivity contribution >= 4 is 44.3 Å². The van der Waals surface area contributed by atoms with Gasteiger partial charge in [-0.3, -0.25) is 9.71 Å². The van der Waals surface area contributed by atoms with Crippen LogP contribution in [-0.2, 0) is 15.0 Å². The number of benzene rings is 2. The molecule has 0 spiro atoms. The molecule has 2 N–H and O–H groups in total. The number of halogens is 1. The Morgan fingerprint density at radius 3 is 2.36 bits per heavy atom. The number of ether oxygens (including phenoxy) is 1. The lowest BCUT2D eigenvalue weighted by Gasteiger charge is -2.15. The maximum atomic E-state index is 12.9. The van der Waals surface area contributed by atoms with Crippen LogP contribution in [0.4, 0.5) is 21.8 Å². The molecule has 0 aliphatic carbocycles. The minimum Gasteiger partial charge on any atom is -0.497 e. The molecule has 0 unspecified atom stereocenters. The van der Waals surface area contributed by atoms with E-state index in [4.69, 9.17) is 4.74 Å². The third-order valence-electron chi connectivity index (χ3n) is 4.52. The van der Waals surface area contributed by atoms with Crippen molar-refractivity contribution in [3.63, 3.8) is 0 Å². The van der Waals surface area contributed by atoms with Crippen LogP contribution in [0.3, 0.4) is 0 Å². The van der Waals surface area contributed by atoms with Gasteiger partial charge in [-0.1, -0.05) is 12.1 Å². The molecule has 4 aromatic rings. The predicted molar refractivity (Wildman–Crippen MR) is 117 cm³/mol. The third kappa shape index (κ3) is 4.65. The number of aromatic nitrogens is 3. The van der Waals surface area contributed by atoms with Crippen molar-refractivity contribution in [3.8, 4) is 5.75 Å². The lowest BCUT2D eigenvalue weighted by atomic mass is 10.1. The van der Waals surface area contributed by atoms with Gasteiger partial charge in [0.15, 0.2) is 11.6 Å². The summed E-state index contributed by atoms with van der Waals surface area (Å²) in [6.07, 6.45) is 2.62. The van der Waals surface area contributed by atoms with Gasteiger partial charge in [-0.15, -0.1) is 0 Å². The van der Waals surface area contributed by atoms with Crippen LogP contribution >= 0.6 is 0 Å². The van der Waals surface area contributed by atoms with E-state index in [2.05, 4.69) is 29.9 Å². The fourth-order valence-corrected chi connectivity index (χ4v) is 3.92. The first-order valence-electron chi connectivity index (χ1n) is 9.39. The Labute approximate surface area is 187 Å². The number of nitrogens with one attached hydrogen (secondary N) is 2. The molecule has 10 nitrogen and oxygen atoms in total. The van der Waals surface area contributed by atoms with Gasteiger partial charge in [0.25, 0.3) is 10.0 Å². The van der Waals surface area contributed by atoms with Crippen LogP contribution in [-0.4, -0.2) is 36.4 Å². The molecule has 0 amide bonds. The summed E-state index contributed by atoms with van der Waals surface area (Å²) in [5.41, 5.74) is 0.751. The van der Waals surface area contributed by atoms with Gasteiger partial charge in [0.05, 0.1) is 29.4 Å². The number of nitrogens with zero attached hydrogens (tertiary/aromatic N) is 3. The van der Waals surface area contributed by atoms with Crippen molar-refractivity contribution in [3.05, 3.63) is 72.6 Å². The number of pyridine rings is 1. The van der Waals surface area contributed by atoms with E-state index >= 15 is 0 Å². The molecule has 12 heteroatoms. The van der Waals surface area contributed by atoms with Crippen LogP contribution in [0.25, 0.3) is 11.0 Å². The molecule has 2 heterocycles. The van der Waals surface area contributed by atoms with Crippen molar-refractivity contribution in [1.82, 2.24) is 15.0 Å². The Balaban J connectivity index is 1.83. The van der Waals surface area contributed by atoms with Crippen molar-refractivity contribution < 1.29 is 27.4 Å². The van der Waals surface area contributed by atoms with Crippen LogP contribution in [0.15, 0.2) is 71.9 Å². The number of carbonyl (C=O) groups is 1. The summed E-state index contributed by atoms with van der Waals surface area (Å²) in [5.74, 6) is -1.10. The number of para-hydroxylation sites is 2. The fourth-order valence-electron chi connectivity index (χ4n) is 2.95. The van der Waals surface area contributed by atoms with Crippen molar-refractivity contribution in [2.75, 3.05) is 17.1 Å². The summed E-state index contributed by atoms with van der Waals surface area (Å²) in [6.45, 7) is 0. The van der Waals surface area contributed by atoms with E-state index in [1.54, 1.807) is 24.3 Å². The minimum atomic E-state index is -4.07. The number of rotatable bonds is 7. The average Bonchev–Trinajstić information content (AvgIpc) is 2.84. The summed E-state index contributed by atoms with van der Waals surface area (Å²) in [6, 6.07) is 13.8. The standard InChI is InChI=1S/C21H16FN5O5S/c1-31-13-8-9-15(21(28)32-22)18(11-13)26-19-20(25-17-7-3-2-6-16(17)24-19)27-33(29,30)14-5-4-10-23-12-14/h2-12H,1H3,(H,24,26)(H,25,27). The summed E-state index contributed by atoms with van der Waals surface area (Å²) in [7, 11) is -2.66.